The first-order chi connectivity index (χ1) is 9.10. The maximum absolute atomic E-state index is 8.76. The third-order valence-electron chi connectivity index (χ3n) is 2.82. The molecule has 0 fully saturated rings. The molecule has 19 heavy (non-hydrogen) atoms. The molecule has 1 aromatic carbocycles. The van der Waals surface area contributed by atoms with Gasteiger partial charge in [-0.05, 0) is 42.8 Å². The van der Waals surface area contributed by atoms with E-state index < -0.39 is 0 Å². The molecule has 1 aromatic heterocycles. The lowest BCUT2D eigenvalue weighted by molar-refractivity contribution is 0.907. The predicted octanol–water partition coefficient (Wildman–Crippen LogP) is 4.22. The van der Waals surface area contributed by atoms with Crippen LogP contribution in [0, 0.1) is 11.3 Å². The summed E-state index contributed by atoms with van der Waals surface area (Å²) in [6, 6.07) is 11.8. The van der Waals surface area contributed by atoms with Gasteiger partial charge in [0.25, 0.3) is 0 Å². The minimum Gasteiger partial charge on any atom is -0.398 e. The van der Waals surface area contributed by atoms with Crippen LogP contribution in [0.3, 0.4) is 0 Å². The molecule has 0 spiro atoms. The summed E-state index contributed by atoms with van der Waals surface area (Å²) in [6.45, 7) is 2.07. The lowest BCUT2D eigenvalue weighted by atomic mass is 10.1. The van der Waals surface area contributed by atoms with Crippen LogP contribution in [0.2, 0.25) is 4.34 Å². The number of benzene rings is 1. The lowest BCUT2D eigenvalue weighted by Gasteiger charge is -2.15. The summed E-state index contributed by atoms with van der Waals surface area (Å²) in [5.74, 6) is 0. The van der Waals surface area contributed by atoms with Crippen LogP contribution in [0.1, 0.15) is 23.4 Å². The van der Waals surface area contributed by atoms with E-state index >= 15 is 0 Å². The van der Waals surface area contributed by atoms with Gasteiger partial charge in [0, 0.05) is 16.3 Å². The maximum Gasteiger partial charge on any atom is 0.0932 e. The monoisotopic (exact) mass is 291 g/mol. The van der Waals surface area contributed by atoms with Gasteiger partial charge in [0.15, 0.2) is 0 Å². The van der Waals surface area contributed by atoms with E-state index in [4.69, 9.17) is 22.6 Å². The summed E-state index contributed by atoms with van der Waals surface area (Å²) in [4.78, 5) is 1.17. The van der Waals surface area contributed by atoms with E-state index in [1.165, 1.54) is 4.88 Å². The molecule has 3 N–H and O–H groups in total. The molecule has 1 heterocycles. The number of rotatable bonds is 4. The molecule has 1 unspecified atom stereocenters. The molecule has 2 rings (SSSR count). The predicted molar refractivity (Wildman–Crippen MR) is 81.5 cm³/mol. The van der Waals surface area contributed by atoms with Crippen molar-refractivity contribution in [3.8, 4) is 6.07 Å². The molecule has 3 nitrogen and oxygen atoms in total. The van der Waals surface area contributed by atoms with Crippen LogP contribution >= 0.6 is 22.9 Å². The fourth-order valence-corrected chi connectivity index (χ4v) is 2.88. The number of thiophene rings is 1. The zero-order valence-corrected chi connectivity index (χ0v) is 12.1. The van der Waals surface area contributed by atoms with Crippen molar-refractivity contribution in [3.63, 3.8) is 0 Å². The number of nitrogens with zero attached hydrogens (tertiary/aromatic N) is 1. The first kappa shape index (κ1) is 13.7. The number of anilines is 2. The average Bonchev–Trinajstić information content (AvgIpc) is 2.80. The van der Waals surface area contributed by atoms with Gasteiger partial charge < -0.3 is 11.1 Å². The molecule has 2 aromatic rings. The van der Waals surface area contributed by atoms with Crippen molar-refractivity contribution in [1.29, 1.82) is 5.26 Å². The highest BCUT2D eigenvalue weighted by molar-refractivity contribution is 7.16. The molecule has 0 amide bonds. The van der Waals surface area contributed by atoms with E-state index in [1.807, 2.05) is 30.3 Å². The quantitative estimate of drug-likeness (QED) is 0.829. The van der Waals surface area contributed by atoms with Crippen molar-refractivity contribution in [3.05, 3.63) is 45.1 Å². The zero-order chi connectivity index (χ0) is 13.8. The van der Waals surface area contributed by atoms with Gasteiger partial charge >= 0.3 is 0 Å². The van der Waals surface area contributed by atoms with E-state index in [-0.39, 0.29) is 6.04 Å². The van der Waals surface area contributed by atoms with Gasteiger partial charge in [-0.25, -0.2) is 0 Å². The van der Waals surface area contributed by atoms with Gasteiger partial charge in [-0.3, -0.25) is 0 Å². The van der Waals surface area contributed by atoms with Crippen LogP contribution in [0.5, 0.6) is 0 Å². The van der Waals surface area contributed by atoms with Gasteiger partial charge in [-0.2, -0.15) is 5.26 Å². The molecule has 0 saturated heterocycles. The molecule has 0 saturated carbocycles. The Bertz CT molecular complexity index is 615. The molecule has 5 heteroatoms. The molecule has 0 aliphatic carbocycles. The van der Waals surface area contributed by atoms with E-state index in [1.54, 1.807) is 11.3 Å². The standard InChI is InChI=1S/C14H14ClN3S/c1-9(13-4-5-14(15)19-13)18-11-2-3-12(17)10(8-11)6-7-16/h2-5,8-9,18H,6,17H2,1H3. The first-order valence-corrected chi connectivity index (χ1v) is 7.06. The SMILES string of the molecule is CC(Nc1ccc(N)c(CC#N)c1)c1ccc(Cl)s1. The lowest BCUT2D eigenvalue weighted by Crippen LogP contribution is -2.05. The number of nitrogen functional groups attached to an aromatic ring is 1. The Hall–Kier alpha value is -1.70. The topological polar surface area (TPSA) is 61.8 Å². The van der Waals surface area contributed by atoms with Crippen molar-refractivity contribution >= 4 is 34.3 Å². The van der Waals surface area contributed by atoms with Gasteiger partial charge in [0.2, 0.25) is 0 Å². The second-order valence-corrected chi connectivity index (χ2v) is 6.00. The summed E-state index contributed by atoms with van der Waals surface area (Å²) in [6.07, 6.45) is 0.320. The van der Waals surface area contributed by atoms with Crippen molar-refractivity contribution in [2.75, 3.05) is 11.1 Å². The third kappa shape index (κ3) is 3.40. The van der Waals surface area contributed by atoms with Gasteiger partial charge in [-0.15, -0.1) is 11.3 Å². The van der Waals surface area contributed by atoms with Crippen molar-refractivity contribution < 1.29 is 0 Å². The maximum atomic E-state index is 8.76. The fraction of sp³-hybridized carbons (Fsp3) is 0.214. The number of hydrogen-bond donors (Lipinski definition) is 2. The van der Waals surface area contributed by atoms with Crippen LogP contribution in [0.4, 0.5) is 11.4 Å². The minimum atomic E-state index is 0.163. The van der Waals surface area contributed by atoms with Gasteiger partial charge in [0.1, 0.15) is 0 Å². The minimum absolute atomic E-state index is 0.163. The summed E-state index contributed by atoms with van der Waals surface area (Å²) in [5, 5.41) is 12.1. The number of nitrogens with two attached hydrogens (primary N) is 1. The van der Waals surface area contributed by atoms with Crippen LogP contribution in [-0.2, 0) is 6.42 Å². The van der Waals surface area contributed by atoms with Crippen LogP contribution in [0.25, 0.3) is 0 Å². The average molecular weight is 292 g/mol. The van der Waals surface area contributed by atoms with Crippen molar-refractivity contribution in [2.45, 2.75) is 19.4 Å². The fourth-order valence-electron chi connectivity index (χ4n) is 1.82. The molecular weight excluding hydrogens is 278 g/mol. The molecule has 0 aliphatic rings. The molecule has 1 atom stereocenters. The molecule has 0 radical (unpaired) electrons. The van der Waals surface area contributed by atoms with E-state index in [0.717, 1.165) is 15.6 Å². The number of nitrogens with one attached hydrogen (secondary N) is 1. The first-order valence-electron chi connectivity index (χ1n) is 5.87. The molecule has 0 bridgehead atoms. The smallest absolute Gasteiger partial charge is 0.0932 e. The van der Waals surface area contributed by atoms with Crippen LogP contribution in [0.15, 0.2) is 30.3 Å². The second-order valence-electron chi connectivity index (χ2n) is 4.26. The second kappa shape index (κ2) is 5.96. The van der Waals surface area contributed by atoms with E-state index in [9.17, 15) is 0 Å². The Balaban J connectivity index is 2.15. The number of hydrogen-bond acceptors (Lipinski definition) is 4. The number of nitriles is 1. The summed E-state index contributed by atoms with van der Waals surface area (Å²) in [5.41, 5.74) is 8.28. The highest BCUT2D eigenvalue weighted by Crippen LogP contribution is 2.29. The normalized spacial score (nSPS) is 11.8. The highest BCUT2D eigenvalue weighted by atomic mass is 35.5. The Kier molecular flexibility index (Phi) is 4.31. The van der Waals surface area contributed by atoms with E-state index in [2.05, 4.69) is 18.3 Å². The van der Waals surface area contributed by atoms with Crippen LogP contribution < -0.4 is 11.1 Å². The third-order valence-corrected chi connectivity index (χ3v) is 4.23. The van der Waals surface area contributed by atoms with E-state index in [0.29, 0.717) is 12.1 Å². The largest absolute Gasteiger partial charge is 0.398 e. The Morgan fingerprint density at radius 3 is 2.84 bits per heavy atom. The van der Waals surface area contributed by atoms with Crippen molar-refractivity contribution in [2.24, 2.45) is 0 Å². The Morgan fingerprint density at radius 1 is 1.42 bits per heavy atom. The number of halogens is 1. The van der Waals surface area contributed by atoms with Gasteiger partial charge in [-0.1, -0.05) is 11.6 Å². The molecule has 98 valence electrons. The molecular formula is C14H14ClN3S. The van der Waals surface area contributed by atoms with Crippen molar-refractivity contribution in [1.82, 2.24) is 0 Å². The molecule has 0 aliphatic heterocycles. The van der Waals surface area contributed by atoms with Crippen LogP contribution in [-0.4, -0.2) is 0 Å². The summed E-state index contributed by atoms with van der Waals surface area (Å²) in [7, 11) is 0. The summed E-state index contributed by atoms with van der Waals surface area (Å²) < 4.78 is 0.783. The highest BCUT2D eigenvalue weighted by Gasteiger charge is 2.09. The summed E-state index contributed by atoms with van der Waals surface area (Å²) >= 11 is 7.49. The van der Waals surface area contributed by atoms with Gasteiger partial charge in [0.05, 0.1) is 22.9 Å². The Labute approximate surface area is 121 Å². The zero-order valence-electron chi connectivity index (χ0n) is 10.5. The Morgan fingerprint density at radius 2 is 2.21 bits per heavy atom.